The average molecular weight is 309 g/mol. The number of hydrogen-bond donors (Lipinski definition) is 1. The number of phenols is 1. The Morgan fingerprint density at radius 1 is 1.19 bits per heavy atom. The molecule has 0 aromatic heterocycles. The molecule has 21 heavy (non-hydrogen) atoms. The van der Waals surface area contributed by atoms with E-state index in [1.807, 2.05) is 0 Å². The van der Waals surface area contributed by atoms with Crippen molar-refractivity contribution in [3.63, 3.8) is 0 Å². The largest absolute Gasteiger partial charge is 0.504 e. The van der Waals surface area contributed by atoms with E-state index in [1.165, 1.54) is 13.3 Å². The molecule has 1 N–H and O–H groups in total. The van der Waals surface area contributed by atoms with Gasteiger partial charge in [-0.15, -0.1) is 0 Å². The molecule has 0 fully saturated rings. The van der Waals surface area contributed by atoms with E-state index >= 15 is 0 Å². The number of thioether (sulfide) groups is 1. The Morgan fingerprint density at radius 2 is 1.90 bits per heavy atom. The van der Waals surface area contributed by atoms with Crippen LogP contribution in [0.4, 0.5) is 14.5 Å². The summed E-state index contributed by atoms with van der Waals surface area (Å²) >= 11 is 0.487. The van der Waals surface area contributed by atoms with Gasteiger partial charge in [0.2, 0.25) is 0 Å². The van der Waals surface area contributed by atoms with Crippen LogP contribution in [0, 0.1) is 0 Å². The number of alkyl halides is 2. The van der Waals surface area contributed by atoms with Crippen molar-refractivity contribution in [3.8, 4) is 11.5 Å². The minimum atomic E-state index is -2.44. The summed E-state index contributed by atoms with van der Waals surface area (Å²) < 4.78 is 29.4. The van der Waals surface area contributed by atoms with Crippen molar-refractivity contribution in [2.75, 3.05) is 7.11 Å². The van der Waals surface area contributed by atoms with Crippen LogP contribution in [0.3, 0.4) is 0 Å². The van der Waals surface area contributed by atoms with Gasteiger partial charge in [0.25, 0.3) is 5.76 Å². The summed E-state index contributed by atoms with van der Waals surface area (Å²) in [6.07, 6.45) is 1.49. The molecule has 0 heterocycles. The first-order valence-corrected chi connectivity index (χ1v) is 6.93. The molecular weight excluding hydrogens is 296 g/mol. The predicted octanol–water partition coefficient (Wildman–Crippen LogP) is 4.47. The van der Waals surface area contributed by atoms with Gasteiger partial charge in [0.05, 0.1) is 12.8 Å². The molecule has 0 saturated carbocycles. The van der Waals surface area contributed by atoms with E-state index < -0.39 is 5.76 Å². The third-order valence-corrected chi connectivity index (χ3v) is 3.39. The summed E-state index contributed by atoms with van der Waals surface area (Å²) in [6.45, 7) is 0. The molecule has 0 unspecified atom stereocenters. The second-order valence-electron chi connectivity index (χ2n) is 4.03. The summed E-state index contributed by atoms with van der Waals surface area (Å²) in [7, 11) is 1.47. The number of ether oxygens (including phenoxy) is 1. The highest BCUT2D eigenvalue weighted by Gasteiger charge is 2.06. The first-order chi connectivity index (χ1) is 10.1. The van der Waals surface area contributed by atoms with Gasteiger partial charge in [-0.3, -0.25) is 4.99 Å². The number of aliphatic imine (C=N–C) groups is 1. The molecule has 0 aliphatic heterocycles. The molecule has 0 radical (unpaired) electrons. The Labute approximate surface area is 125 Å². The number of halogens is 2. The van der Waals surface area contributed by atoms with Crippen LogP contribution in [0.5, 0.6) is 11.5 Å². The molecule has 0 atom stereocenters. The standard InChI is InChI=1S/C15H13F2NO2S/c1-20-13-4-2-3-10(14(13)19)9-18-11-5-7-12(8-6-11)21-15(16)17/h2-9,15,19H,1H3. The van der Waals surface area contributed by atoms with Crippen molar-refractivity contribution in [3.05, 3.63) is 48.0 Å². The fourth-order valence-corrected chi connectivity index (χ4v) is 2.16. The summed E-state index contributed by atoms with van der Waals surface area (Å²) in [6, 6.07) is 11.5. The molecule has 0 amide bonds. The van der Waals surface area contributed by atoms with Crippen LogP contribution in [0.1, 0.15) is 5.56 Å². The molecule has 0 aliphatic carbocycles. The van der Waals surface area contributed by atoms with Crippen molar-refractivity contribution in [2.45, 2.75) is 10.7 Å². The van der Waals surface area contributed by atoms with Crippen molar-refractivity contribution in [1.29, 1.82) is 0 Å². The second kappa shape index (κ2) is 7.08. The van der Waals surface area contributed by atoms with E-state index in [0.29, 0.717) is 33.7 Å². The van der Waals surface area contributed by atoms with E-state index in [1.54, 1.807) is 42.5 Å². The maximum absolute atomic E-state index is 12.2. The summed E-state index contributed by atoms with van der Waals surface area (Å²) in [4.78, 5) is 4.68. The smallest absolute Gasteiger partial charge is 0.288 e. The highest BCUT2D eigenvalue weighted by Crippen LogP contribution is 2.29. The van der Waals surface area contributed by atoms with Crippen LogP contribution in [-0.4, -0.2) is 24.2 Å². The Kier molecular flexibility index (Phi) is 5.16. The van der Waals surface area contributed by atoms with E-state index in [0.717, 1.165) is 0 Å². The topological polar surface area (TPSA) is 41.8 Å². The van der Waals surface area contributed by atoms with Crippen LogP contribution in [0.25, 0.3) is 0 Å². The van der Waals surface area contributed by atoms with Crippen molar-refractivity contribution in [2.24, 2.45) is 4.99 Å². The third-order valence-electron chi connectivity index (χ3n) is 2.66. The highest BCUT2D eigenvalue weighted by atomic mass is 32.2. The van der Waals surface area contributed by atoms with Crippen LogP contribution in [0.2, 0.25) is 0 Å². The van der Waals surface area contributed by atoms with Gasteiger partial charge >= 0.3 is 0 Å². The Balaban J connectivity index is 2.14. The number of para-hydroxylation sites is 1. The zero-order valence-corrected chi connectivity index (χ0v) is 12.0. The molecular formula is C15H13F2NO2S. The zero-order valence-electron chi connectivity index (χ0n) is 11.2. The van der Waals surface area contributed by atoms with Crippen LogP contribution in [-0.2, 0) is 0 Å². The lowest BCUT2D eigenvalue weighted by Gasteiger charge is -2.05. The van der Waals surface area contributed by atoms with Gasteiger partial charge in [-0.05, 0) is 36.4 Å². The lowest BCUT2D eigenvalue weighted by Crippen LogP contribution is -1.88. The monoisotopic (exact) mass is 309 g/mol. The number of methoxy groups -OCH3 is 1. The molecule has 3 nitrogen and oxygen atoms in total. The van der Waals surface area contributed by atoms with Crippen molar-refractivity contribution < 1.29 is 18.6 Å². The van der Waals surface area contributed by atoms with Crippen LogP contribution in [0.15, 0.2) is 52.4 Å². The van der Waals surface area contributed by atoms with Crippen LogP contribution >= 0.6 is 11.8 Å². The molecule has 110 valence electrons. The lowest BCUT2D eigenvalue weighted by molar-refractivity contribution is 0.252. The molecule has 2 aromatic carbocycles. The van der Waals surface area contributed by atoms with Gasteiger partial charge in [0.1, 0.15) is 0 Å². The first-order valence-electron chi connectivity index (χ1n) is 6.05. The number of hydrogen-bond acceptors (Lipinski definition) is 4. The number of phenolic OH excluding ortho intramolecular Hbond substituents is 1. The van der Waals surface area contributed by atoms with Crippen molar-refractivity contribution in [1.82, 2.24) is 0 Å². The molecule has 0 saturated heterocycles. The molecule has 2 rings (SSSR count). The normalized spacial score (nSPS) is 11.2. The number of aromatic hydroxyl groups is 1. The van der Waals surface area contributed by atoms with E-state index in [4.69, 9.17) is 4.74 Å². The fraction of sp³-hybridized carbons (Fsp3) is 0.133. The fourth-order valence-electron chi connectivity index (χ4n) is 1.67. The molecule has 6 heteroatoms. The van der Waals surface area contributed by atoms with E-state index in [9.17, 15) is 13.9 Å². The SMILES string of the molecule is COc1cccc(C=Nc2ccc(SC(F)F)cc2)c1O. The maximum Gasteiger partial charge on any atom is 0.288 e. The summed E-state index contributed by atoms with van der Waals surface area (Å²) in [5.74, 6) is -2.07. The summed E-state index contributed by atoms with van der Waals surface area (Å²) in [5, 5.41) is 9.91. The van der Waals surface area contributed by atoms with Gasteiger partial charge in [0, 0.05) is 16.7 Å². The van der Waals surface area contributed by atoms with Crippen LogP contribution < -0.4 is 4.74 Å². The Hall–Kier alpha value is -2.08. The van der Waals surface area contributed by atoms with Gasteiger partial charge in [-0.25, -0.2) is 0 Å². The lowest BCUT2D eigenvalue weighted by atomic mass is 10.2. The minimum absolute atomic E-state index is 0.00799. The Bertz CT molecular complexity index is 630. The number of benzene rings is 2. The average Bonchev–Trinajstić information content (AvgIpc) is 2.47. The second-order valence-corrected chi connectivity index (χ2v) is 5.09. The van der Waals surface area contributed by atoms with E-state index in [-0.39, 0.29) is 5.75 Å². The summed E-state index contributed by atoms with van der Waals surface area (Å²) in [5.41, 5.74) is 1.12. The molecule has 0 spiro atoms. The van der Waals surface area contributed by atoms with Gasteiger partial charge < -0.3 is 9.84 Å². The molecule has 0 aliphatic rings. The Morgan fingerprint density at radius 3 is 2.52 bits per heavy atom. The minimum Gasteiger partial charge on any atom is -0.504 e. The molecule has 0 bridgehead atoms. The third kappa shape index (κ3) is 4.19. The number of rotatable bonds is 5. The highest BCUT2D eigenvalue weighted by molar-refractivity contribution is 7.99. The van der Waals surface area contributed by atoms with Gasteiger partial charge in [-0.2, -0.15) is 8.78 Å². The first kappa shape index (κ1) is 15.3. The quantitative estimate of drug-likeness (QED) is 0.654. The maximum atomic E-state index is 12.2. The van der Waals surface area contributed by atoms with Gasteiger partial charge in [0.15, 0.2) is 11.5 Å². The molecule has 2 aromatic rings. The number of nitrogens with zero attached hydrogens (tertiary/aromatic N) is 1. The predicted molar refractivity (Wildman–Crippen MR) is 80.2 cm³/mol. The van der Waals surface area contributed by atoms with E-state index in [2.05, 4.69) is 4.99 Å². The van der Waals surface area contributed by atoms with Gasteiger partial charge in [-0.1, -0.05) is 17.8 Å². The zero-order chi connectivity index (χ0) is 15.2. The van der Waals surface area contributed by atoms with Crippen molar-refractivity contribution >= 4 is 23.7 Å².